The van der Waals surface area contributed by atoms with Crippen molar-refractivity contribution in [1.82, 2.24) is 14.8 Å². The second-order valence-electron chi connectivity index (χ2n) is 5.16. The van der Waals surface area contributed by atoms with Crippen LogP contribution in [0.25, 0.3) is 10.9 Å². The third-order valence-electron chi connectivity index (χ3n) is 3.38. The Kier molecular flexibility index (Phi) is 4.43. The highest BCUT2D eigenvalue weighted by molar-refractivity contribution is 6.34. The molecular weight excluding hydrogens is 324 g/mol. The zero-order valence-electron chi connectivity index (χ0n) is 12.3. The minimum atomic E-state index is -2.48. The normalized spacial score (nSPS) is 11.3. The van der Waals surface area contributed by atoms with E-state index < -0.39 is 13.0 Å². The summed E-state index contributed by atoms with van der Waals surface area (Å²) in [6.07, 6.45) is 0.964. The van der Waals surface area contributed by atoms with E-state index in [0.717, 1.165) is 22.0 Å². The summed E-state index contributed by atoms with van der Waals surface area (Å²) in [5, 5.41) is 5.65. The molecule has 0 saturated carbocycles. The lowest BCUT2D eigenvalue weighted by molar-refractivity contribution is 0.0816. The molecule has 120 valence electrons. The van der Waals surface area contributed by atoms with Gasteiger partial charge in [-0.3, -0.25) is 4.68 Å². The minimum Gasteiger partial charge on any atom is -0.487 e. The smallest absolute Gasteiger partial charge is 0.272 e. The maximum atomic E-state index is 12.2. The van der Waals surface area contributed by atoms with Crippen LogP contribution in [0, 0.1) is 6.92 Å². The van der Waals surface area contributed by atoms with E-state index in [4.69, 9.17) is 16.3 Å². The molecule has 1 aromatic carbocycles. The third kappa shape index (κ3) is 3.59. The molecule has 0 spiro atoms. The molecule has 0 atom stereocenters. The molecule has 0 unspecified atom stereocenters. The summed E-state index contributed by atoms with van der Waals surface area (Å²) in [6, 6.07) is 7.22. The number of aryl methyl sites for hydroxylation is 1. The molecule has 2 aromatic heterocycles. The van der Waals surface area contributed by atoms with E-state index in [1.807, 2.05) is 25.3 Å². The Hall–Kier alpha value is -2.21. The van der Waals surface area contributed by atoms with Crippen LogP contribution in [0.3, 0.4) is 0 Å². The van der Waals surface area contributed by atoms with Gasteiger partial charge in [0, 0.05) is 12.4 Å². The van der Waals surface area contributed by atoms with E-state index in [0.29, 0.717) is 17.4 Å². The number of nitrogens with zero attached hydrogens (tertiary/aromatic N) is 3. The van der Waals surface area contributed by atoms with E-state index in [-0.39, 0.29) is 0 Å². The van der Waals surface area contributed by atoms with Crippen LogP contribution >= 0.6 is 11.6 Å². The molecule has 0 amide bonds. The number of alkyl halides is 2. The van der Waals surface area contributed by atoms with Crippen molar-refractivity contribution in [2.45, 2.75) is 19.9 Å². The monoisotopic (exact) mass is 337 g/mol. The Balaban J connectivity index is 1.79. The van der Waals surface area contributed by atoms with Crippen LogP contribution in [0.4, 0.5) is 8.78 Å². The van der Waals surface area contributed by atoms with Crippen molar-refractivity contribution in [3.05, 3.63) is 52.9 Å². The fourth-order valence-corrected chi connectivity index (χ4v) is 2.56. The van der Waals surface area contributed by atoms with Gasteiger partial charge in [-0.25, -0.2) is 13.8 Å². The first-order valence-electron chi connectivity index (χ1n) is 7.01. The Morgan fingerprint density at radius 1 is 1.30 bits per heavy atom. The Morgan fingerprint density at radius 3 is 2.83 bits per heavy atom. The van der Waals surface area contributed by atoms with Crippen LogP contribution < -0.4 is 4.74 Å². The average molecular weight is 338 g/mol. The average Bonchev–Trinajstić information content (AvgIpc) is 2.90. The molecular formula is C16H14ClF2N3O. The highest BCUT2D eigenvalue weighted by atomic mass is 35.5. The van der Waals surface area contributed by atoms with Crippen molar-refractivity contribution in [1.29, 1.82) is 0 Å². The Morgan fingerprint density at radius 2 is 2.13 bits per heavy atom. The molecule has 0 N–H and O–H groups in total. The second kappa shape index (κ2) is 6.50. The molecule has 0 aliphatic heterocycles. The number of pyridine rings is 1. The standard InChI is InChI=1S/C16H14ClF2N3O/c1-10-6-11(2-3-14(10)23-9-15(18)19)7-22-8-12-13(21-22)4-5-20-16(12)17/h2-6,8,15H,7,9H2,1H3. The topological polar surface area (TPSA) is 39.9 Å². The zero-order valence-corrected chi connectivity index (χ0v) is 13.1. The van der Waals surface area contributed by atoms with Crippen LogP contribution in [0.5, 0.6) is 5.75 Å². The number of hydrogen-bond donors (Lipinski definition) is 0. The molecule has 0 radical (unpaired) electrons. The van der Waals surface area contributed by atoms with Crippen LogP contribution in [-0.4, -0.2) is 27.8 Å². The first-order chi connectivity index (χ1) is 11.0. The summed E-state index contributed by atoms with van der Waals surface area (Å²) in [5.74, 6) is 0.465. The van der Waals surface area contributed by atoms with E-state index in [9.17, 15) is 8.78 Å². The number of halogens is 3. The van der Waals surface area contributed by atoms with Crippen LogP contribution in [0.1, 0.15) is 11.1 Å². The van der Waals surface area contributed by atoms with E-state index in [2.05, 4.69) is 10.1 Å². The summed E-state index contributed by atoms with van der Waals surface area (Å²) in [6.45, 7) is 1.77. The summed E-state index contributed by atoms with van der Waals surface area (Å²) in [4.78, 5) is 4.02. The molecule has 7 heteroatoms. The maximum absolute atomic E-state index is 12.2. The number of hydrogen-bond acceptors (Lipinski definition) is 3. The number of fused-ring (bicyclic) bond motifs is 1. The molecule has 3 rings (SSSR count). The SMILES string of the molecule is Cc1cc(Cn2cc3c(Cl)nccc3n2)ccc1OCC(F)F. The van der Waals surface area contributed by atoms with Crippen molar-refractivity contribution >= 4 is 22.5 Å². The lowest BCUT2D eigenvalue weighted by atomic mass is 10.1. The van der Waals surface area contributed by atoms with Gasteiger partial charge in [0.25, 0.3) is 6.43 Å². The van der Waals surface area contributed by atoms with Gasteiger partial charge >= 0.3 is 0 Å². The first-order valence-corrected chi connectivity index (χ1v) is 7.39. The number of benzene rings is 1. The highest BCUT2D eigenvalue weighted by Crippen LogP contribution is 2.22. The van der Waals surface area contributed by atoms with Gasteiger partial charge in [-0.15, -0.1) is 0 Å². The van der Waals surface area contributed by atoms with Gasteiger partial charge in [-0.05, 0) is 30.2 Å². The van der Waals surface area contributed by atoms with Gasteiger partial charge in [-0.1, -0.05) is 23.7 Å². The highest BCUT2D eigenvalue weighted by Gasteiger charge is 2.08. The number of aromatic nitrogens is 3. The molecule has 3 aromatic rings. The van der Waals surface area contributed by atoms with E-state index in [1.54, 1.807) is 23.0 Å². The van der Waals surface area contributed by atoms with Gasteiger partial charge < -0.3 is 4.74 Å². The molecule has 0 fully saturated rings. The fourth-order valence-electron chi connectivity index (χ4n) is 2.35. The zero-order chi connectivity index (χ0) is 16.4. The van der Waals surface area contributed by atoms with Crippen molar-refractivity contribution < 1.29 is 13.5 Å². The largest absolute Gasteiger partial charge is 0.487 e. The lowest BCUT2D eigenvalue weighted by Gasteiger charge is -2.10. The molecule has 2 heterocycles. The van der Waals surface area contributed by atoms with Gasteiger partial charge in [0.1, 0.15) is 17.5 Å². The number of ether oxygens (including phenoxy) is 1. The van der Waals surface area contributed by atoms with Gasteiger partial charge in [0.15, 0.2) is 0 Å². The Labute approximate surface area is 136 Å². The van der Waals surface area contributed by atoms with Crippen molar-refractivity contribution in [2.24, 2.45) is 0 Å². The molecule has 0 aliphatic carbocycles. The van der Waals surface area contributed by atoms with Gasteiger partial charge in [-0.2, -0.15) is 5.10 Å². The summed E-state index contributed by atoms with van der Waals surface area (Å²) < 4.78 is 31.2. The molecule has 23 heavy (non-hydrogen) atoms. The fraction of sp³-hybridized carbons (Fsp3) is 0.250. The molecule has 4 nitrogen and oxygen atoms in total. The molecule has 0 bridgehead atoms. The second-order valence-corrected chi connectivity index (χ2v) is 5.52. The summed E-state index contributed by atoms with van der Waals surface area (Å²) in [5.41, 5.74) is 2.57. The van der Waals surface area contributed by atoms with Crippen molar-refractivity contribution in [3.63, 3.8) is 0 Å². The van der Waals surface area contributed by atoms with Gasteiger partial charge in [0.05, 0.1) is 17.4 Å². The maximum Gasteiger partial charge on any atom is 0.272 e. The van der Waals surface area contributed by atoms with Gasteiger partial charge in [0.2, 0.25) is 0 Å². The summed E-state index contributed by atoms with van der Waals surface area (Å²) >= 11 is 6.04. The predicted octanol–water partition coefficient (Wildman–Crippen LogP) is 4.09. The lowest BCUT2D eigenvalue weighted by Crippen LogP contribution is -2.08. The van der Waals surface area contributed by atoms with E-state index >= 15 is 0 Å². The van der Waals surface area contributed by atoms with Crippen molar-refractivity contribution in [2.75, 3.05) is 6.61 Å². The minimum absolute atomic E-state index is 0.417. The van der Waals surface area contributed by atoms with Crippen LogP contribution in [0.2, 0.25) is 5.15 Å². The van der Waals surface area contributed by atoms with Crippen LogP contribution in [0.15, 0.2) is 36.7 Å². The van der Waals surface area contributed by atoms with Crippen LogP contribution in [-0.2, 0) is 6.54 Å². The van der Waals surface area contributed by atoms with E-state index in [1.165, 1.54) is 0 Å². The Bertz CT molecular complexity index is 835. The third-order valence-corrected chi connectivity index (χ3v) is 3.68. The van der Waals surface area contributed by atoms with Crippen molar-refractivity contribution in [3.8, 4) is 5.75 Å². The first kappa shape index (κ1) is 15.7. The predicted molar refractivity (Wildman–Crippen MR) is 84.3 cm³/mol. The quantitative estimate of drug-likeness (QED) is 0.658. The summed E-state index contributed by atoms with van der Waals surface area (Å²) in [7, 11) is 0. The molecule has 0 saturated heterocycles. The number of rotatable bonds is 5. The molecule has 0 aliphatic rings.